The van der Waals surface area contributed by atoms with Crippen molar-refractivity contribution in [3.8, 4) is 0 Å². The summed E-state index contributed by atoms with van der Waals surface area (Å²) < 4.78 is 0. The SMILES string of the molecule is O=C(C1CCC(=O)N1c1ccc(Cl)cc1)N1CCCCCC1. The van der Waals surface area contributed by atoms with Crippen molar-refractivity contribution in [2.24, 2.45) is 0 Å². The van der Waals surface area contributed by atoms with Gasteiger partial charge in [-0.1, -0.05) is 24.4 Å². The van der Waals surface area contributed by atoms with Crippen LogP contribution in [0.5, 0.6) is 0 Å². The Labute approximate surface area is 136 Å². The predicted molar refractivity (Wildman–Crippen MR) is 87.0 cm³/mol. The van der Waals surface area contributed by atoms with E-state index >= 15 is 0 Å². The van der Waals surface area contributed by atoms with E-state index in [1.165, 1.54) is 12.8 Å². The highest BCUT2D eigenvalue weighted by Gasteiger charge is 2.39. The highest BCUT2D eigenvalue weighted by atomic mass is 35.5. The molecule has 2 aliphatic heterocycles. The van der Waals surface area contributed by atoms with E-state index in [1.54, 1.807) is 17.0 Å². The van der Waals surface area contributed by atoms with E-state index < -0.39 is 0 Å². The molecule has 2 heterocycles. The van der Waals surface area contributed by atoms with Crippen LogP contribution in [0.3, 0.4) is 0 Å². The summed E-state index contributed by atoms with van der Waals surface area (Å²) >= 11 is 5.91. The van der Waals surface area contributed by atoms with Crippen molar-refractivity contribution >= 4 is 29.1 Å². The van der Waals surface area contributed by atoms with Crippen LogP contribution < -0.4 is 4.90 Å². The van der Waals surface area contributed by atoms with Crippen LogP contribution in [0, 0.1) is 0 Å². The number of carbonyl (C=O) groups excluding carboxylic acids is 2. The lowest BCUT2D eigenvalue weighted by molar-refractivity contribution is -0.133. The number of halogens is 1. The second-order valence-corrected chi connectivity index (χ2v) is 6.47. The first-order valence-corrected chi connectivity index (χ1v) is 8.41. The molecule has 1 atom stereocenters. The summed E-state index contributed by atoms with van der Waals surface area (Å²) in [7, 11) is 0. The smallest absolute Gasteiger partial charge is 0.245 e. The summed E-state index contributed by atoms with van der Waals surface area (Å²) in [5.41, 5.74) is 0.764. The molecule has 0 aliphatic carbocycles. The molecule has 0 bridgehead atoms. The van der Waals surface area contributed by atoms with Crippen LogP contribution in [0.2, 0.25) is 5.02 Å². The molecule has 0 saturated carbocycles. The van der Waals surface area contributed by atoms with Gasteiger partial charge in [-0.2, -0.15) is 0 Å². The number of benzene rings is 1. The number of hydrogen-bond acceptors (Lipinski definition) is 2. The number of rotatable bonds is 2. The second-order valence-electron chi connectivity index (χ2n) is 6.03. The molecular weight excluding hydrogens is 300 g/mol. The Morgan fingerprint density at radius 3 is 2.32 bits per heavy atom. The molecule has 0 N–H and O–H groups in total. The normalized spacial score (nSPS) is 22.8. The van der Waals surface area contributed by atoms with Gasteiger partial charge in [0.05, 0.1) is 0 Å². The third-order valence-electron chi connectivity index (χ3n) is 4.52. The maximum Gasteiger partial charge on any atom is 0.245 e. The van der Waals surface area contributed by atoms with E-state index in [0.717, 1.165) is 31.6 Å². The number of hydrogen-bond donors (Lipinski definition) is 0. The first-order valence-electron chi connectivity index (χ1n) is 8.03. The molecule has 22 heavy (non-hydrogen) atoms. The zero-order chi connectivity index (χ0) is 15.5. The Morgan fingerprint density at radius 2 is 1.68 bits per heavy atom. The highest BCUT2D eigenvalue weighted by molar-refractivity contribution is 6.30. The van der Waals surface area contributed by atoms with Gasteiger partial charge in [0.15, 0.2) is 0 Å². The fourth-order valence-electron chi connectivity index (χ4n) is 3.34. The number of anilines is 1. The van der Waals surface area contributed by atoms with Crippen molar-refractivity contribution in [1.29, 1.82) is 0 Å². The Balaban J connectivity index is 1.80. The number of carbonyl (C=O) groups is 2. The van der Waals surface area contributed by atoms with Crippen molar-refractivity contribution in [2.45, 2.75) is 44.6 Å². The summed E-state index contributed by atoms with van der Waals surface area (Å²) in [5, 5.41) is 0.630. The van der Waals surface area contributed by atoms with Gasteiger partial charge in [0.1, 0.15) is 6.04 Å². The van der Waals surface area contributed by atoms with Crippen LogP contribution in [0.25, 0.3) is 0 Å². The largest absolute Gasteiger partial charge is 0.341 e. The van der Waals surface area contributed by atoms with Crippen molar-refractivity contribution in [3.63, 3.8) is 0 Å². The van der Waals surface area contributed by atoms with E-state index in [4.69, 9.17) is 11.6 Å². The summed E-state index contributed by atoms with van der Waals surface area (Å²) in [6.07, 6.45) is 5.55. The maximum absolute atomic E-state index is 12.9. The van der Waals surface area contributed by atoms with Crippen LogP contribution in [0.15, 0.2) is 24.3 Å². The third kappa shape index (κ3) is 3.12. The summed E-state index contributed by atoms with van der Waals surface area (Å²) in [5.74, 6) is 0.123. The van der Waals surface area contributed by atoms with Gasteiger partial charge in [0.2, 0.25) is 11.8 Å². The molecule has 118 valence electrons. The minimum atomic E-state index is -0.355. The first-order chi connectivity index (χ1) is 10.7. The molecule has 2 aliphatic rings. The van der Waals surface area contributed by atoms with E-state index in [1.807, 2.05) is 17.0 Å². The quantitative estimate of drug-likeness (QED) is 0.839. The monoisotopic (exact) mass is 320 g/mol. The molecule has 2 saturated heterocycles. The fourth-order valence-corrected chi connectivity index (χ4v) is 3.47. The van der Waals surface area contributed by atoms with Gasteiger partial charge >= 0.3 is 0 Å². The lowest BCUT2D eigenvalue weighted by Gasteiger charge is -2.29. The molecule has 1 unspecified atom stereocenters. The number of nitrogens with zero attached hydrogens (tertiary/aromatic N) is 2. The van der Waals surface area contributed by atoms with E-state index in [0.29, 0.717) is 17.9 Å². The molecule has 5 heteroatoms. The minimum Gasteiger partial charge on any atom is -0.341 e. The molecule has 0 aromatic heterocycles. The van der Waals surface area contributed by atoms with E-state index in [2.05, 4.69) is 0 Å². The Bertz CT molecular complexity index is 550. The molecule has 1 aromatic carbocycles. The molecule has 2 fully saturated rings. The summed E-state index contributed by atoms with van der Waals surface area (Å²) in [6.45, 7) is 1.63. The van der Waals surface area contributed by atoms with Crippen molar-refractivity contribution in [1.82, 2.24) is 4.90 Å². The molecule has 0 radical (unpaired) electrons. The molecule has 2 amide bonds. The second kappa shape index (κ2) is 6.69. The molecule has 4 nitrogen and oxygen atoms in total. The molecular formula is C17H21ClN2O2. The van der Waals surface area contributed by atoms with E-state index in [-0.39, 0.29) is 17.9 Å². The highest BCUT2D eigenvalue weighted by Crippen LogP contribution is 2.29. The summed E-state index contributed by atoms with van der Waals surface area (Å²) in [6, 6.07) is 6.79. The van der Waals surface area contributed by atoms with Gasteiger partial charge in [-0.05, 0) is 43.5 Å². The molecule has 0 spiro atoms. The van der Waals surface area contributed by atoms with Crippen LogP contribution in [-0.4, -0.2) is 35.8 Å². The van der Waals surface area contributed by atoms with Gasteiger partial charge in [0, 0.05) is 30.2 Å². The van der Waals surface area contributed by atoms with Gasteiger partial charge < -0.3 is 4.90 Å². The number of likely N-dealkylation sites (tertiary alicyclic amines) is 1. The number of amides is 2. The first kappa shape index (κ1) is 15.3. The van der Waals surface area contributed by atoms with Gasteiger partial charge in [-0.25, -0.2) is 0 Å². The minimum absolute atomic E-state index is 0.0236. The predicted octanol–water partition coefficient (Wildman–Crippen LogP) is 3.24. The lowest BCUT2D eigenvalue weighted by atomic mass is 10.1. The fraction of sp³-hybridized carbons (Fsp3) is 0.529. The zero-order valence-electron chi connectivity index (χ0n) is 12.6. The van der Waals surface area contributed by atoms with Crippen molar-refractivity contribution < 1.29 is 9.59 Å². The molecule has 1 aromatic rings. The van der Waals surface area contributed by atoms with Gasteiger partial charge in [0.25, 0.3) is 0 Å². The van der Waals surface area contributed by atoms with Crippen molar-refractivity contribution in [3.05, 3.63) is 29.3 Å². The van der Waals surface area contributed by atoms with E-state index in [9.17, 15) is 9.59 Å². The average molecular weight is 321 g/mol. The maximum atomic E-state index is 12.9. The zero-order valence-corrected chi connectivity index (χ0v) is 13.4. The average Bonchev–Trinajstić information content (AvgIpc) is 2.75. The Kier molecular flexibility index (Phi) is 4.67. The standard InChI is InChI=1S/C17H21ClN2O2/c18-13-5-7-14(8-6-13)20-15(9-10-16(20)21)17(22)19-11-3-1-2-4-12-19/h5-8,15H,1-4,9-12H2. The third-order valence-corrected chi connectivity index (χ3v) is 4.77. The summed E-state index contributed by atoms with van der Waals surface area (Å²) in [4.78, 5) is 28.7. The lowest BCUT2D eigenvalue weighted by Crippen LogP contribution is -2.47. The Hall–Kier alpha value is -1.55. The van der Waals surface area contributed by atoms with Gasteiger partial charge in [-0.15, -0.1) is 0 Å². The van der Waals surface area contributed by atoms with Crippen LogP contribution in [0.1, 0.15) is 38.5 Å². The van der Waals surface area contributed by atoms with Crippen LogP contribution >= 0.6 is 11.6 Å². The van der Waals surface area contributed by atoms with Crippen LogP contribution in [0.4, 0.5) is 5.69 Å². The van der Waals surface area contributed by atoms with Crippen molar-refractivity contribution in [2.75, 3.05) is 18.0 Å². The topological polar surface area (TPSA) is 40.6 Å². The van der Waals surface area contributed by atoms with Gasteiger partial charge in [-0.3, -0.25) is 14.5 Å². The molecule has 3 rings (SSSR count). The van der Waals surface area contributed by atoms with Crippen LogP contribution in [-0.2, 0) is 9.59 Å². The Morgan fingerprint density at radius 1 is 1.05 bits per heavy atom.